The lowest BCUT2D eigenvalue weighted by atomic mass is 10.3. The monoisotopic (exact) mass is 196 g/mol. The van der Waals surface area contributed by atoms with Gasteiger partial charge in [-0.15, -0.1) is 0 Å². The Bertz CT molecular complexity index is 305. The molecule has 0 aliphatic carbocycles. The van der Waals surface area contributed by atoms with Crippen LogP contribution in [-0.2, 0) is 0 Å². The Morgan fingerprint density at radius 3 is 2.86 bits per heavy atom. The molecule has 1 unspecified atom stereocenters. The van der Waals surface area contributed by atoms with Gasteiger partial charge in [0, 0.05) is 6.54 Å². The third kappa shape index (κ3) is 2.60. The minimum absolute atomic E-state index is 0.178. The Morgan fingerprint density at radius 1 is 1.64 bits per heavy atom. The van der Waals surface area contributed by atoms with Crippen molar-refractivity contribution in [3.8, 4) is 0 Å². The number of hydrogen-bond donors (Lipinski definition) is 2. The molecular weight excluding hydrogens is 180 g/mol. The maximum Gasteiger partial charge on any atom is 0.286 e. The van der Waals surface area contributed by atoms with Gasteiger partial charge >= 0.3 is 0 Å². The minimum Gasteiger partial charge on any atom is -0.454 e. The second-order valence-electron chi connectivity index (χ2n) is 3.25. The van der Waals surface area contributed by atoms with E-state index in [9.17, 15) is 4.79 Å². The van der Waals surface area contributed by atoms with E-state index in [1.165, 1.54) is 0 Å². The van der Waals surface area contributed by atoms with Gasteiger partial charge < -0.3 is 15.5 Å². The van der Waals surface area contributed by atoms with Gasteiger partial charge in [0.15, 0.2) is 5.76 Å². The van der Waals surface area contributed by atoms with E-state index in [-0.39, 0.29) is 11.9 Å². The number of nitrogens with two attached hydrogens (primary N) is 1. The van der Waals surface area contributed by atoms with Crippen LogP contribution in [0.5, 0.6) is 0 Å². The van der Waals surface area contributed by atoms with Gasteiger partial charge in [-0.25, -0.2) is 0 Å². The van der Waals surface area contributed by atoms with Crippen LogP contribution in [0.25, 0.3) is 0 Å². The van der Waals surface area contributed by atoms with E-state index in [0.29, 0.717) is 18.1 Å². The molecule has 1 rings (SSSR count). The van der Waals surface area contributed by atoms with E-state index >= 15 is 0 Å². The Hall–Kier alpha value is -1.29. The van der Waals surface area contributed by atoms with Crippen LogP contribution in [0.2, 0.25) is 0 Å². The molecule has 0 fully saturated rings. The fraction of sp³-hybridized carbons (Fsp3) is 0.500. The van der Waals surface area contributed by atoms with Crippen LogP contribution in [0.15, 0.2) is 16.5 Å². The molecule has 1 aromatic rings. The summed E-state index contributed by atoms with van der Waals surface area (Å²) in [6.45, 7) is 4.47. The molecular formula is C10H16N2O2. The van der Waals surface area contributed by atoms with Gasteiger partial charge in [0.05, 0.1) is 6.04 Å². The van der Waals surface area contributed by atoms with E-state index in [2.05, 4.69) is 5.32 Å². The molecule has 0 aliphatic heterocycles. The first-order valence-corrected chi connectivity index (χ1v) is 4.78. The average Bonchev–Trinajstić information content (AvgIpc) is 2.62. The first-order valence-electron chi connectivity index (χ1n) is 4.78. The highest BCUT2D eigenvalue weighted by Crippen LogP contribution is 2.13. The zero-order chi connectivity index (χ0) is 10.6. The third-order valence-corrected chi connectivity index (χ3v) is 1.83. The molecule has 0 spiro atoms. The smallest absolute Gasteiger partial charge is 0.286 e. The minimum atomic E-state index is -0.182. The molecule has 0 saturated carbocycles. The number of carbonyl (C=O) groups excluding carboxylic acids is 1. The highest BCUT2D eigenvalue weighted by molar-refractivity contribution is 5.91. The van der Waals surface area contributed by atoms with Crippen LogP contribution in [0.4, 0.5) is 0 Å². The summed E-state index contributed by atoms with van der Waals surface area (Å²) in [6.07, 6.45) is 0.909. The van der Waals surface area contributed by atoms with E-state index < -0.39 is 0 Å². The van der Waals surface area contributed by atoms with E-state index in [1.807, 2.05) is 13.8 Å². The quantitative estimate of drug-likeness (QED) is 0.765. The van der Waals surface area contributed by atoms with Gasteiger partial charge in [0.1, 0.15) is 5.76 Å². The van der Waals surface area contributed by atoms with Crippen LogP contribution in [0.3, 0.4) is 0 Å². The maximum absolute atomic E-state index is 11.4. The van der Waals surface area contributed by atoms with Crippen molar-refractivity contribution < 1.29 is 9.21 Å². The summed E-state index contributed by atoms with van der Waals surface area (Å²) in [6, 6.07) is 3.19. The SMILES string of the molecule is CCCNC(=O)c1ccc(C(C)N)o1. The highest BCUT2D eigenvalue weighted by Gasteiger charge is 2.11. The Labute approximate surface area is 83.5 Å². The molecule has 4 heteroatoms. The van der Waals surface area contributed by atoms with Crippen molar-refractivity contribution in [2.75, 3.05) is 6.54 Å². The van der Waals surface area contributed by atoms with Crippen LogP contribution in [0, 0.1) is 0 Å². The molecule has 1 heterocycles. The van der Waals surface area contributed by atoms with Gasteiger partial charge in [0.25, 0.3) is 5.91 Å². The number of hydrogen-bond acceptors (Lipinski definition) is 3. The normalized spacial score (nSPS) is 12.5. The van der Waals surface area contributed by atoms with Gasteiger partial charge in [-0.1, -0.05) is 6.92 Å². The lowest BCUT2D eigenvalue weighted by Gasteiger charge is -2.01. The molecule has 1 amide bonds. The van der Waals surface area contributed by atoms with Gasteiger partial charge in [-0.05, 0) is 25.5 Å². The van der Waals surface area contributed by atoms with Crippen molar-refractivity contribution in [1.29, 1.82) is 0 Å². The van der Waals surface area contributed by atoms with Gasteiger partial charge in [0.2, 0.25) is 0 Å². The van der Waals surface area contributed by atoms with Crippen molar-refractivity contribution in [2.45, 2.75) is 26.3 Å². The summed E-state index contributed by atoms with van der Waals surface area (Å²) < 4.78 is 5.27. The van der Waals surface area contributed by atoms with Crippen molar-refractivity contribution in [2.24, 2.45) is 5.73 Å². The number of carbonyl (C=O) groups is 1. The lowest BCUT2D eigenvalue weighted by Crippen LogP contribution is -2.23. The molecule has 14 heavy (non-hydrogen) atoms. The van der Waals surface area contributed by atoms with E-state index in [1.54, 1.807) is 12.1 Å². The van der Waals surface area contributed by atoms with Gasteiger partial charge in [-0.2, -0.15) is 0 Å². The summed E-state index contributed by atoms with van der Waals surface area (Å²) >= 11 is 0. The van der Waals surface area contributed by atoms with Crippen LogP contribution < -0.4 is 11.1 Å². The largest absolute Gasteiger partial charge is 0.454 e. The number of furan rings is 1. The van der Waals surface area contributed by atoms with Crippen molar-refractivity contribution in [1.82, 2.24) is 5.32 Å². The Balaban J connectivity index is 2.62. The summed E-state index contributed by atoms with van der Waals surface area (Å²) in [5.74, 6) is 0.774. The Kier molecular flexibility index (Phi) is 3.71. The average molecular weight is 196 g/mol. The summed E-state index contributed by atoms with van der Waals surface area (Å²) in [5.41, 5.74) is 5.60. The molecule has 4 nitrogen and oxygen atoms in total. The predicted molar refractivity (Wildman–Crippen MR) is 53.9 cm³/mol. The maximum atomic E-state index is 11.4. The first-order chi connectivity index (χ1) is 6.65. The second kappa shape index (κ2) is 4.81. The fourth-order valence-corrected chi connectivity index (χ4v) is 1.05. The molecule has 0 radical (unpaired) electrons. The van der Waals surface area contributed by atoms with E-state index in [0.717, 1.165) is 6.42 Å². The second-order valence-corrected chi connectivity index (χ2v) is 3.25. The standard InChI is InChI=1S/C10H16N2O2/c1-3-6-12-10(13)9-5-4-8(14-9)7(2)11/h4-5,7H,3,6,11H2,1-2H3,(H,12,13). The van der Waals surface area contributed by atoms with Gasteiger partial charge in [-0.3, -0.25) is 4.79 Å². The third-order valence-electron chi connectivity index (χ3n) is 1.83. The number of nitrogens with one attached hydrogen (secondary N) is 1. The topological polar surface area (TPSA) is 68.3 Å². The number of rotatable bonds is 4. The molecule has 0 aromatic carbocycles. The zero-order valence-electron chi connectivity index (χ0n) is 8.54. The summed E-state index contributed by atoms with van der Waals surface area (Å²) in [4.78, 5) is 11.4. The van der Waals surface area contributed by atoms with Crippen molar-refractivity contribution >= 4 is 5.91 Å². The molecule has 0 saturated heterocycles. The van der Waals surface area contributed by atoms with Crippen LogP contribution in [-0.4, -0.2) is 12.5 Å². The lowest BCUT2D eigenvalue weighted by molar-refractivity contribution is 0.0924. The highest BCUT2D eigenvalue weighted by atomic mass is 16.4. The zero-order valence-corrected chi connectivity index (χ0v) is 8.54. The first kappa shape index (κ1) is 10.8. The molecule has 3 N–H and O–H groups in total. The van der Waals surface area contributed by atoms with Crippen LogP contribution >= 0.6 is 0 Å². The van der Waals surface area contributed by atoms with Crippen LogP contribution in [0.1, 0.15) is 42.6 Å². The molecule has 1 atom stereocenters. The van der Waals surface area contributed by atoms with Crippen molar-refractivity contribution in [3.05, 3.63) is 23.7 Å². The molecule has 78 valence electrons. The molecule has 0 bridgehead atoms. The van der Waals surface area contributed by atoms with E-state index in [4.69, 9.17) is 10.2 Å². The molecule has 0 aliphatic rings. The Morgan fingerprint density at radius 2 is 2.36 bits per heavy atom. The predicted octanol–water partition coefficient (Wildman–Crippen LogP) is 1.44. The molecule has 1 aromatic heterocycles. The summed E-state index contributed by atoms with van der Waals surface area (Å²) in [7, 11) is 0. The summed E-state index contributed by atoms with van der Waals surface area (Å²) in [5, 5.41) is 2.73. The van der Waals surface area contributed by atoms with Crippen molar-refractivity contribution in [3.63, 3.8) is 0 Å². The number of amides is 1. The fourth-order valence-electron chi connectivity index (χ4n) is 1.05.